The molecule has 0 radical (unpaired) electrons. The number of rotatable bonds is 5. The van der Waals surface area contributed by atoms with Crippen LogP contribution in [0, 0.1) is 11.6 Å². The van der Waals surface area contributed by atoms with Gasteiger partial charge in [-0.3, -0.25) is 0 Å². The molecule has 1 atom stereocenters. The molecule has 1 aliphatic heterocycles. The summed E-state index contributed by atoms with van der Waals surface area (Å²) in [6, 6.07) is 4.72. The van der Waals surface area contributed by atoms with E-state index >= 15 is 0 Å². The van der Waals surface area contributed by atoms with Crippen molar-refractivity contribution in [3.63, 3.8) is 0 Å². The Balaban J connectivity index is 1.82. The fourth-order valence-corrected chi connectivity index (χ4v) is 4.64. The van der Waals surface area contributed by atoms with Gasteiger partial charge in [-0.05, 0) is 31.5 Å². The van der Waals surface area contributed by atoms with Crippen molar-refractivity contribution in [1.82, 2.24) is 9.97 Å². The lowest BCUT2D eigenvalue weighted by atomic mass is 10.2. The number of halogens is 2. The molecular weight excluding hydrogens is 350 g/mol. The molecular formula is C16H18F2N4O2S. The summed E-state index contributed by atoms with van der Waals surface area (Å²) in [6.45, 7) is 2.50. The van der Waals surface area contributed by atoms with Crippen LogP contribution in [0.1, 0.15) is 13.3 Å². The molecule has 2 heterocycles. The Morgan fingerprint density at radius 2 is 2.12 bits per heavy atom. The first kappa shape index (κ1) is 17.5. The largest absolute Gasteiger partial charge is 0.353 e. The second-order valence-electron chi connectivity index (χ2n) is 5.83. The molecule has 3 rings (SSSR count). The van der Waals surface area contributed by atoms with Crippen LogP contribution in [0.3, 0.4) is 0 Å². The summed E-state index contributed by atoms with van der Waals surface area (Å²) in [5.74, 6) is -0.432. The van der Waals surface area contributed by atoms with Crippen molar-refractivity contribution in [3.05, 3.63) is 42.1 Å². The van der Waals surface area contributed by atoms with E-state index in [1.54, 1.807) is 6.07 Å². The van der Waals surface area contributed by atoms with Gasteiger partial charge in [0.05, 0.1) is 17.2 Å². The number of benzene rings is 1. The van der Waals surface area contributed by atoms with Crippen LogP contribution in [-0.2, 0) is 9.84 Å². The van der Waals surface area contributed by atoms with E-state index in [4.69, 9.17) is 0 Å². The van der Waals surface area contributed by atoms with Gasteiger partial charge in [0.2, 0.25) is 5.95 Å². The van der Waals surface area contributed by atoms with Gasteiger partial charge in [0.25, 0.3) is 0 Å². The Bertz CT molecular complexity index is 876. The van der Waals surface area contributed by atoms with Gasteiger partial charge in [-0.15, -0.1) is 0 Å². The van der Waals surface area contributed by atoms with Gasteiger partial charge >= 0.3 is 0 Å². The Morgan fingerprint density at radius 3 is 2.76 bits per heavy atom. The maximum Gasteiger partial charge on any atom is 0.229 e. The summed E-state index contributed by atoms with van der Waals surface area (Å²) in [7, 11) is -3.01. The van der Waals surface area contributed by atoms with Gasteiger partial charge in [-0.25, -0.2) is 22.2 Å². The van der Waals surface area contributed by atoms with Gasteiger partial charge in [0.15, 0.2) is 9.84 Å². The quantitative estimate of drug-likeness (QED) is 0.874. The van der Waals surface area contributed by atoms with Crippen LogP contribution in [0.2, 0.25) is 0 Å². The van der Waals surface area contributed by atoms with Crippen molar-refractivity contribution in [2.75, 3.05) is 28.3 Å². The molecule has 9 heteroatoms. The van der Waals surface area contributed by atoms with Crippen LogP contribution in [0.15, 0.2) is 30.5 Å². The molecule has 0 saturated carbocycles. The average molecular weight is 368 g/mol. The third kappa shape index (κ3) is 4.04. The molecule has 0 spiro atoms. The predicted molar refractivity (Wildman–Crippen MR) is 91.8 cm³/mol. The molecule has 1 aliphatic rings. The predicted octanol–water partition coefficient (Wildman–Crippen LogP) is 2.51. The Kier molecular flexibility index (Phi) is 4.85. The van der Waals surface area contributed by atoms with Crippen LogP contribution in [-0.4, -0.2) is 42.5 Å². The van der Waals surface area contributed by atoms with Crippen LogP contribution < -0.4 is 10.2 Å². The third-order valence-corrected chi connectivity index (χ3v) is 5.85. The maximum atomic E-state index is 13.8. The Hall–Kier alpha value is -2.29. The molecule has 1 unspecified atom stereocenters. The molecule has 2 aromatic rings. The Labute approximate surface area is 144 Å². The normalized spacial score (nSPS) is 18.9. The van der Waals surface area contributed by atoms with Crippen molar-refractivity contribution in [2.24, 2.45) is 0 Å². The second kappa shape index (κ2) is 6.91. The zero-order valence-corrected chi connectivity index (χ0v) is 14.4. The fraction of sp³-hybridized carbons (Fsp3) is 0.375. The Morgan fingerprint density at radius 1 is 1.32 bits per heavy atom. The molecule has 1 aromatic heterocycles. The zero-order valence-electron chi connectivity index (χ0n) is 13.6. The lowest BCUT2D eigenvalue weighted by Crippen LogP contribution is -2.36. The first-order chi connectivity index (χ1) is 11.9. The van der Waals surface area contributed by atoms with Gasteiger partial charge in [0.1, 0.15) is 17.5 Å². The molecule has 25 heavy (non-hydrogen) atoms. The highest BCUT2D eigenvalue weighted by atomic mass is 32.2. The van der Waals surface area contributed by atoms with E-state index in [9.17, 15) is 17.2 Å². The lowest BCUT2D eigenvalue weighted by molar-refractivity contribution is 0.585. The van der Waals surface area contributed by atoms with Crippen LogP contribution in [0.25, 0.3) is 0 Å². The smallest absolute Gasteiger partial charge is 0.229 e. The molecule has 1 saturated heterocycles. The molecule has 1 fully saturated rings. The summed E-state index contributed by atoms with van der Waals surface area (Å²) in [5.41, 5.74) is 0.0602. The van der Waals surface area contributed by atoms with Gasteiger partial charge in [-0.1, -0.05) is 0 Å². The van der Waals surface area contributed by atoms with Crippen molar-refractivity contribution in [1.29, 1.82) is 0 Å². The van der Waals surface area contributed by atoms with E-state index in [2.05, 4.69) is 15.3 Å². The van der Waals surface area contributed by atoms with E-state index in [-0.39, 0.29) is 29.2 Å². The first-order valence-corrected chi connectivity index (χ1v) is 9.72. The van der Waals surface area contributed by atoms with E-state index in [0.29, 0.717) is 18.8 Å². The van der Waals surface area contributed by atoms with E-state index in [1.807, 2.05) is 11.8 Å². The number of anilines is 3. The molecule has 1 aromatic carbocycles. The average Bonchev–Trinajstić information content (AvgIpc) is 2.91. The standard InChI is InChI=1S/C16H18F2N4O2S/c1-2-22(12-6-8-25(23,24)10-12)15-5-7-19-16(21-15)20-14-4-3-11(17)9-13(14)18/h3-5,7,9,12H,2,6,8,10H2,1H3,(H,19,20,21). The van der Waals surface area contributed by atoms with Crippen LogP contribution in [0.4, 0.5) is 26.2 Å². The molecule has 0 aliphatic carbocycles. The molecule has 134 valence electrons. The summed E-state index contributed by atoms with van der Waals surface area (Å²) < 4.78 is 50.2. The summed E-state index contributed by atoms with van der Waals surface area (Å²) in [6.07, 6.45) is 2.06. The van der Waals surface area contributed by atoms with Crippen molar-refractivity contribution < 1.29 is 17.2 Å². The first-order valence-electron chi connectivity index (χ1n) is 7.90. The lowest BCUT2D eigenvalue weighted by Gasteiger charge is -2.28. The molecule has 0 bridgehead atoms. The SMILES string of the molecule is CCN(c1ccnc(Nc2ccc(F)cc2F)n1)C1CCS(=O)(=O)C1. The van der Waals surface area contributed by atoms with E-state index in [0.717, 1.165) is 12.1 Å². The number of nitrogens with one attached hydrogen (secondary N) is 1. The molecule has 0 amide bonds. The monoisotopic (exact) mass is 368 g/mol. The number of aromatic nitrogens is 2. The fourth-order valence-electron chi connectivity index (χ4n) is 2.91. The highest BCUT2D eigenvalue weighted by Gasteiger charge is 2.32. The van der Waals surface area contributed by atoms with Crippen molar-refractivity contribution in [3.8, 4) is 0 Å². The minimum Gasteiger partial charge on any atom is -0.353 e. The zero-order chi connectivity index (χ0) is 18.0. The minimum absolute atomic E-state index is 0.0602. The number of hydrogen-bond donors (Lipinski definition) is 1. The number of hydrogen-bond acceptors (Lipinski definition) is 6. The second-order valence-corrected chi connectivity index (χ2v) is 8.06. The highest BCUT2D eigenvalue weighted by Crippen LogP contribution is 2.24. The van der Waals surface area contributed by atoms with E-state index < -0.39 is 21.5 Å². The van der Waals surface area contributed by atoms with Gasteiger partial charge in [0, 0.05) is 24.8 Å². The van der Waals surface area contributed by atoms with E-state index in [1.165, 1.54) is 12.3 Å². The topological polar surface area (TPSA) is 75.2 Å². The number of sulfone groups is 1. The minimum atomic E-state index is -3.01. The molecule has 6 nitrogen and oxygen atoms in total. The van der Waals surface area contributed by atoms with Crippen molar-refractivity contribution >= 4 is 27.3 Å². The van der Waals surface area contributed by atoms with Gasteiger partial charge < -0.3 is 10.2 Å². The highest BCUT2D eigenvalue weighted by molar-refractivity contribution is 7.91. The number of nitrogens with zero attached hydrogens (tertiary/aromatic N) is 3. The molecule has 1 N–H and O–H groups in total. The summed E-state index contributed by atoms with van der Waals surface area (Å²) >= 11 is 0. The summed E-state index contributed by atoms with van der Waals surface area (Å²) in [4.78, 5) is 10.3. The maximum absolute atomic E-state index is 13.8. The third-order valence-electron chi connectivity index (χ3n) is 4.10. The van der Waals surface area contributed by atoms with Crippen molar-refractivity contribution in [2.45, 2.75) is 19.4 Å². The van der Waals surface area contributed by atoms with Crippen LogP contribution in [0.5, 0.6) is 0 Å². The van der Waals surface area contributed by atoms with Crippen LogP contribution >= 0.6 is 0 Å². The van der Waals surface area contributed by atoms with Gasteiger partial charge in [-0.2, -0.15) is 4.98 Å². The summed E-state index contributed by atoms with van der Waals surface area (Å²) in [5, 5.41) is 2.72.